The molecule has 6 heteroatoms. The zero-order chi connectivity index (χ0) is 11.7. The van der Waals surface area contributed by atoms with Crippen LogP contribution in [0.25, 0.3) is 0 Å². The van der Waals surface area contributed by atoms with Crippen molar-refractivity contribution in [2.45, 2.75) is 31.8 Å². The van der Waals surface area contributed by atoms with E-state index in [0.29, 0.717) is 6.73 Å². The van der Waals surface area contributed by atoms with Crippen LogP contribution in [0.15, 0.2) is 0 Å². The second-order valence-corrected chi connectivity index (χ2v) is 4.99. The molecule has 0 bridgehead atoms. The van der Waals surface area contributed by atoms with Crippen LogP contribution in [0.5, 0.6) is 0 Å². The third-order valence-corrected chi connectivity index (χ3v) is 2.73. The van der Waals surface area contributed by atoms with Crippen LogP contribution in [0.3, 0.4) is 0 Å². The summed E-state index contributed by atoms with van der Waals surface area (Å²) in [6, 6.07) is 0. The molecule has 1 heterocycles. The SMILES string of the molecule is CC(C)(C)N1COC[C@](CO)([N+](=O)[O-])C1. The van der Waals surface area contributed by atoms with Crippen molar-refractivity contribution in [3.05, 3.63) is 10.1 Å². The van der Waals surface area contributed by atoms with E-state index in [1.807, 2.05) is 25.7 Å². The number of ether oxygens (including phenoxy) is 1. The molecule has 0 unspecified atom stereocenters. The van der Waals surface area contributed by atoms with E-state index >= 15 is 0 Å². The molecular weight excluding hydrogens is 200 g/mol. The van der Waals surface area contributed by atoms with Gasteiger partial charge in [0, 0.05) is 10.5 Å². The van der Waals surface area contributed by atoms with Crippen LogP contribution >= 0.6 is 0 Å². The largest absolute Gasteiger partial charge is 0.389 e. The van der Waals surface area contributed by atoms with Crippen LogP contribution in [-0.4, -0.2) is 52.5 Å². The average molecular weight is 218 g/mol. The molecule has 1 aliphatic heterocycles. The number of hydrogen-bond donors (Lipinski definition) is 1. The molecule has 0 spiro atoms. The van der Waals surface area contributed by atoms with Crippen molar-refractivity contribution in [3.63, 3.8) is 0 Å². The number of aliphatic hydroxyl groups is 1. The minimum absolute atomic E-state index is 0.0247. The molecule has 0 amide bonds. The monoisotopic (exact) mass is 218 g/mol. The van der Waals surface area contributed by atoms with Crippen LogP contribution in [0.2, 0.25) is 0 Å². The highest BCUT2D eigenvalue weighted by atomic mass is 16.6. The molecule has 0 aromatic heterocycles. The average Bonchev–Trinajstić information content (AvgIpc) is 2.16. The van der Waals surface area contributed by atoms with Crippen molar-refractivity contribution in [1.29, 1.82) is 0 Å². The maximum atomic E-state index is 10.9. The molecule has 0 aromatic rings. The van der Waals surface area contributed by atoms with Crippen LogP contribution < -0.4 is 0 Å². The second kappa shape index (κ2) is 4.03. The molecule has 1 fully saturated rings. The van der Waals surface area contributed by atoms with Gasteiger partial charge in [-0.1, -0.05) is 0 Å². The molecule has 15 heavy (non-hydrogen) atoms. The van der Waals surface area contributed by atoms with Crippen molar-refractivity contribution < 1.29 is 14.8 Å². The van der Waals surface area contributed by atoms with Gasteiger partial charge in [-0.05, 0) is 20.8 Å². The number of nitrogens with zero attached hydrogens (tertiary/aromatic N) is 2. The van der Waals surface area contributed by atoms with E-state index < -0.39 is 17.1 Å². The lowest BCUT2D eigenvalue weighted by Gasteiger charge is -2.42. The quantitative estimate of drug-likeness (QED) is 0.525. The molecule has 1 rings (SSSR count). The molecule has 1 N–H and O–H groups in total. The van der Waals surface area contributed by atoms with Crippen LogP contribution in [0.4, 0.5) is 0 Å². The van der Waals surface area contributed by atoms with Crippen molar-refractivity contribution in [2.24, 2.45) is 0 Å². The maximum Gasteiger partial charge on any atom is 0.280 e. The van der Waals surface area contributed by atoms with Gasteiger partial charge in [-0.3, -0.25) is 15.0 Å². The molecule has 1 saturated heterocycles. The van der Waals surface area contributed by atoms with Gasteiger partial charge in [0.15, 0.2) is 0 Å². The molecule has 6 nitrogen and oxygen atoms in total. The fraction of sp³-hybridized carbons (Fsp3) is 1.00. The van der Waals surface area contributed by atoms with Crippen molar-refractivity contribution >= 4 is 0 Å². The van der Waals surface area contributed by atoms with Gasteiger partial charge < -0.3 is 9.84 Å². The number of hydrogen-bond acceptors (Lipinski definition) is 5. The standard InChI is InChI=1S/C9H18N2O4/c1-8(2,3)10-4-9(5-12,11(13)14)6-15-7-10/h12H,4-7H2,1-3H3/t9-/m0/s1. The van der Waals surface area contributed by atoms with Gasteiger partial charge >= 0.3 is 0 Å². The Morgan fingerprint density at radius 3 is 2.60 bits per heavy atom. The first-order valence-corrected chi connectivity index (χ1v) is 4.90. The summed E-state index contributed by atoms with van der Waals surface area (Å²) >= 11 is 0. The molecule has 1 atom stereocenters. The summed E-state index contributed by atoms with van der Waals surface area (Å²) in [5, 5.41) is 20.1. The molecule has 1 aliphatic rings. The fourth-order valence-corrected chi connectivity index (χ4v) is 1.49. The number of rotatable bonds is 2. The molecule has 88 valence electrons. The number of nitro groups is 1. The van der Waals surface area contributed by atoms with Gasteiger partial charge in [-0.25, -0.2) is 0 Å². The second-order valence-electron chi connectivity index (χ2n) is 4.99. The fourth-order valence-electron chi connectivity index (χ4n) is 1.49. The highest BCUT2D eigenvalue weighted by molar-refractivity contribution is 4.89. The summed E-state index contributed by atoms with van der Waals surface area (Å²) in [5.41, 5.74) is -1.57. The summed E-state index contributed by atoms with van der Waals surface area (Å²) in [7, 11) is 0. The van der Waals surface area contributed by atoms with Crippen LogP contribution in [0.1, 0.15) is 20.8 Å². The van der Waals surface area contributed by atoms with Crippen molar-refractivity contribution in [3.8, 4) is 0 Å². The first-order valence-electron chi connectivity index (χ1n) is 4.90. The zero-order valence-electron chi connectivity index (χ0n) is 9.39. The van der Waals surface area contributed by atoms with E-state index in [-0.39, 0.29) is 18.7 Å². The predicted octanol–water partition coefficient (Wildman–Crippen LogP) is 0.0824. The minimum atomic E-state index is -1.37. The van der Waals surface area contributed by atoms with Crippen molar-refractivity contribution in [2.75, 3.05) is 26.5 Å². The van der Waals surface area contributed by atoms with Crippen LogP contribution in [0, 0.1) is 10.1 Å². The lowest BCUT2D eigenvalue weighted by Crippen LogP contribution is -2.62. The first kappa shape index (κ1) is 12.4. The molecule has 0 saturated carbocycles. The van der Waals surface area contributed by atoms with E-state index in [4.69, 9.17) is 9.84 Å². The topological polar surface area (TPSA) is 75.8 Å². The Balaban J connectivity index is 2.82. The predicted molar refractivity (Wildman–Crippen MR) is 54.1 cm³/mol. The Morgan fingerprint density at radius 2 is 2.20 bits per heavy atom. The zero-order valence-corrected chi connectivity index (χ0v) is 9.39. The Morgan fingerprint density at radius 1 is 1.60 bits per heavy atom. The normalized spacial score (nSPS) is 29.1. The summed E-state index contributed by atoms with van der Waals surface area (Å²) in [4.78, 5) is 12.3. The highest BCUT2D eigenvalue weighted by Crippen LogP contribution is 2.23. The van der Waals surface area contributed by atoms with E-state index in [1.165, 1.54) is 0 Å². The lowest BCUT2D eigenvalue weighted by atomic mass is 9.97. The van der Waals surface area contributed by atoms with Gasteiger partial charge in [0.05, 0.1) is 6.54 Å². The van der Waals surface area contributed by atoms with Crippen LogP contribution in [-0.2, 0) is 4.74 Å². The molecule has 0 radical (unpaired) electrons. The summed E-state index contributed by atoms with van der Waals surface area (Å²) in [6.45, 7) is 5.96. The summed E-state index contributed by atoms with van der Waals surface area (Å²) in [6.07, 6.45) is 0. The van der Waals surface area contributed by atoms with Gasteiger partial charge in [-0.2, -0.15) is 0 Å². The van der Waals surface area contributed by atoms with Gasteiger partial charge in [-0.15, -0.1) is 0 Å². The van der Waals surface area contributed by atoms with E-state index in [9.17, 15) is 10.1 Å². The lowest BCUT2D eigenvalue weighted by molar-refractivity contribution is -0.585. The number of aliphatic hydroxyl groups excluding tert-OH is 1. The van der Waals surface area contributed by atoms with Gasteiger partial charge in [0.25, 0.3) is 5.54 Å². The third-order valence-electron chi connectivity index (χ3n) is 2.73. The van der Waals surface area contributed by atoms with Gasteiger partial charge in [0.1, 0.15) is 19.9 Å². The summed E-state index contributed by atoms with van der Waals surface area (Å²) < 4.78 is 5.20. The minimum Gasteiger partial charge on any atom is -0.389 e. The summed E-state index contributed by atoms with van der Waals surface area (Å²) in [5.74, 6) is 0. The maximum absolute atomic E-state index is 10.9. The Labute approximate surface area is 89.0 Å². The smallest absolute Gasteiger partial charge is 0.280 e. The molecule has 0 aliphatic carbocycles. The third kappa shape index (κ3) is 2.45. The molecule has 0 aromatic carbocycles. The molecular formula is C9H18N2O4. The highest BCUT2D eigenvalue weighted by Gasteiger charge is 2.49. The van der Waals surface area contributed by atoms with E-state index in [2.05, 4.69) is 0 Å². The van der Waals surface area contributed by atoms with E-state index in [1.54, 1.807) is 0 Å². The Kier molecular flexibility index (Phi) is 3.32. The van der Waals surface area contributed by atoms with Crippen molar-refractivity contribution in [1.82, 2.24) is 4.90 Å². The Bertz CT molecular complexity index is 251. The first-order chi connectivity index (χ1) is 6.82. The van der Waals surface area contributed by atoms with Gasteiger partial charge in [0.2, 0.25) is 0 Å². The van der Waals surface area contributed by atoms with E-state index in [0.717, 1.165) is 0 Å². The Hall–Kier alpha value is -0.720.